The van der Waals surface area contributed by atoms with Gasteiger partial charge < -0.3 is 15.2 Å². The lowest BCUT2D eigenvalue weighted by molar-refractivity contribution is 0.0951. The number of nitrogens with zero attached hydrogens (tertiary/aromatic N) is 1. The van der Waals surface area contributed by atoms with E-state index in [2.05, 4.69) is 10.3 Å². The summed E-state index contributed by atoms with van der Waals surface area (Å²) in [6, 6.07) is 15.5. The van der Waals surface area contributed by atoms with Crippen LogP contribution in [0, 0.1) is 0 Å². The molecule has 1 heterocycles. The molecule has 0 aliphatic rings. The third-order valence-electron chi connectivity index (χ3n) is 4.76. The Balaban J connectivity index is 1.56. The first kappa shape index (κ1) is 23.9. The predicted molar refractivity (Wildman–Crippen MR) is 120 cm³/mol. The van der Waals surface area contributed by atoms with Crippen molar-refractivity contribution in [1.29, 1.82) is 0 Å². The Kier molecular flexibility index (Phi) is 7.75. The minimum Gasteiger partial charge on any atom is -0.497 e. The van der Waals surface area contributed by atoms with E-state index in [1.807, 2.05) is 29.0 Å². The molecule has 2 aromatic carbocycles. The number of ether oxygens (including phenoxy) is 1. The van der Waals surface area contributed by atoms with Gasteiger partial charge in [-0.2, -0.15) is 0 Å². The summed E-state index contributed by atoms with van der Waals surface area (Å²) in [5.74, 6) is -0.441. The molecule has 33 heavy (non-hydrogen) atoms. The van der Waals surface area contributed by atoms with Gasteiger partial charge in [0.05, 0.1) is 29.9 Å². The van der Waals surface area contributed by atoms with E-state index in [0.717, 1.165) is 11.3 Å². The Bertz CT molecular complexity index is 1210. The molecule has 3 rings (SSSR count). The van der Waals surface area contributed by atoms with Crippen molar-refractivity contribution in [2.45, 2.75) is 17.9 Å². The first-order chi connectivity index (χ1) is 15.8. The quantitative estimate of drug-likeness (QED) is 0.434. The van der Waals surface area contributed by atoms with E-state index in [0.29, 0.717) is 24.2 Å². The second-order valence-electron chi connectivity index (χ2n) is 7.01. The Morgan fingerprint density at radius 3 is 2.18 bits per heavy atom. The van der Waals surface area contributed by atoms with E-state index in [1.165, 1.54) is 42.6 Å². The third kappa shape index (κ3) is 6.37. The topological polar surface area (TPSA) is 135 Å². The zero-order valence-corrected chi connectivity index (χ0v) is 18.6. The Morgan fingerprint density at radius 2 is 1.61 bits per heavy atom. The fourth-order valence-electron chi connectivity index (χ4n) is 2.89. The number of nitrogens with one attached hydrogen (secondary N) is 2. The van der Waals surface area contributed by atoms with Crippen LogP contribution in [0.1, 0.15) is 32.0 Å². The van der Waals surface area contributed by atoms with E-state index in [1.54, 1.807) is 7.11 Å². The number of sulfonamides is 1. The first-order valence-electron chi connectivity index (χ1n) is 9.96. The van der Waals surface area contributed by atoms with Crippen molar-refractivity contribution in [3.63, 3.8) is 0 Å². The van der Waals surface area contributed by atoms with Gasteiger partial charge in [-0.3, -0.25) is 14.6 Å². The zero-order valence-electron chi connectivity index (χ0n) is 17.8. The van der Waals surface area contributed by atoms with Gasteiger partial charge in [-0.25, -0.2) is 13.1 Å². The molecule has 0 aliphatic carbocycles. The summed E-state index contributed by atoms with van der Waals surface area (Å²) in [4.78, 5) is 28.2. The smallest absolute Gasteiger partial charge is 0.266 e. The van der Waals surface area contributed by atoms with E-state index in [-0.39, 0.29) is 23.0 Å². The van der Waals surface area contributed by atoms with Crippen molar-refractivity contribution in [2.24, 2.45) is 0 Å². The maximum absolute atomic E-state index is 12.5. The lowest BCUT2D eigenvalue weighted by atomic mass is 10.1. The number of aliphatic hydroxyl groups is 1. The van der Waals surface area contributed by atoms with Crippen molar-refractivity contribution < 1.29 is 27.9 Å². The van der Waals surface area contributed by atoms with E-state index >= 15 is 0 Å². The molecule has 1 aromatic heterocycles. The molecule has 0 aliphatic heterocycles. The maximum Gasteiger partial charge on any atom is 0.266 e. The van der Waals surface area contributed by atoms with Gasteiger partial charge >= 0.3 is 0 Å². The van der Waals surface area contributed by atoms with E-state index in [4.69, 9.17) is 9.84 Å². The molecule has 3 aromatic rings. The summed E-state index contributed by atoms with van der Waals surface area (Å²) >= 11 is 0. The molecule has 0 fully saturated rings. The molecule has 2 amide bonds. The van der Waals surface area contributed by atoms with Crippen molar-refractivity contribution >= 4 is 21.8 Å². The number of hydrogen-bond acceptors (Lipinski definition) is 7. The highest BCUT2D eigenvalue weighted by molar-refractivity contribution is 7.90. The van der Waals surface area contributed by atoms with Gasteiger partial charge in [-0.05, 0) is 60.5 Å². The van der Waals surface area contributed by atoms with Gasteiger partial charge in [0.15, 0.2) is 0 Å². The van der Waals surface area contributed by atoms with Gasteiger partial charge in [0.1, 0.15) is 5.75 Å². The SMILES string of the molecule is COc1ccc(CCNC(=O)c2ccc(S(=O)(=O)NC(=O)c3ccc(CO)nc3)cc2)cc1. The van der Waals surface area contributed by atoms with Crippen LogP contribution in [-0.2, 0) is 23.1 Å². The largest absolute Gasteiger partial charge is 0.497 e. The van der Waals surface area contributed by atoms with Crippen LogP contribution < -0.4 is 14.8 Å². The first-order valence-corrected chi connectivity index (χ1v) is 11.4. The minimum atomic E-state index is -4.14. The average molecular weight is 470 g/mol. The molecular formula is C23H23N3O6S. The van der Waals surface area contributed by atoms with Gasteiger partial charge in [-0.1, -0.05) is 12.1 Å². The lowest BCUT2D eigenvalue weighted by Gasteiger charge is -2.09. The number of pyridine rings is 1. The minimum absolute atomic E-state index is 0.0311. The van der Waals surface area contributed by atoms with Crippen molar-refractivity contribution in [3.05, 3.63) is 89.2 Å². The number of carbonyl (C=O) groups is 2. The number of amides is 2. The van der Waals surface area contributed by atoms with Crippen LogP contribution in [0.4, 0.5) is 0 Å². The molecule has 0 saturated heterocycles. The van der Waals surface area contributed by atoms with Gasteiger partial charge in [0.2, 0.25) is 0 Å². The molecule has 0 bridgehead atoms. The number of carbonyl (C=O) groups excluding carboxylic acids is 2. The molecule has 0 atom stereocenters. The summed E-state index contributed by atoms with van der Waals surface area (Å²) in [5.41, 5.74) is 1.71. The van der Waals surface area contributed by atoms with Crippen molar-refractivity contribution in [3.8, 4) is 5.75 Å². The second-order valence-corrected chi connectivity index (χ2v) is 8.69. The second kappa shape index (κ2) is 10.7. The summed E-state index contributed by atoms with van der Waals surface area (Å²) in [6.07, 6.45) is 1.80. The highest BCUT2D eigenvalue weighted by Crippen LogP contribution is 2.13. The van der Waals surface area contributed by atoms with Crippen LogP contribution in [0.15, 0.2) is 71.8 Å². The summed E-state index contributed by atoms with van der Waals surface area (Å²) in [5, 5.41) is 11.8. The maximum atomic E-state index is 12.5. The molecule has 10 heteroatoms. The lowest BCUT2D eigenvalue weighted by Crippen LogP contribution is -2.31. The van der Waals surface area contributed by atoms with Gasteiger partial charge in [0, 0.05) is 18.3 Å². The molecule has 172 valence electrons. The molecule has 0 spiro atoms. The van der Waals surface area contributed by atoms with E-state index in [9.17, 15) is 18.0 Å². The van der Waals surface area contributed by atoms with Crippen molar-refractivity contribution in [2.75, 3.05) is 13.7 Å². The summed E-state index contributed by atoms with van der Waals surface area (Å²) in [6.45, 7) is 0.117. The van der Waals surface area contributed by atoms with Gasteiger partial charge in [-0.15, -0.1) is 0 Å². The fraction of sp³-hybridized carbons (Fsp3) is 0.174. The highest BCUT2D eigenvalue weighted by atomic mass is 32.2. The highest BCUT2D eigenvalue weighted by Gasteiger charge is 2.19. The predicted octanol–water partition coefficient (Wildman–Crippen LogP) is 1.67. The Morgan fingerprint density at radius 1 is 0.939 bits per heavy atom. The summed E-state index contributed by atoms with van der Waals surface area (Å²) < 4.78 is 32.1. The van der Waals surface area contributed by atoms with Crippen LogP contribution in [0.25, 0.3) is 0 Å². The zero-order chi connectivity index (χ0) is 23.8. The van der Waals surface area contributed by atoms with Gasteiger partial charge in [0.25, 0.3) is 21.8 Å². The normalized spacial score (nSPS) is 11.0. The molecule has 0 radical (unpaired) electrons. The number of benzene rings is 2. The fourth-order valence-corrected chi connectivity index (χ4v) is 3.87. The molecular weight excluding hydrogens is 446 g/mol. The summed E-state index contributed by atoms with van der Waals surface area (Å²) in [7, 11) is -2.55. The number of aliphatic hydroxyl groups excluding tert-OH is 1. The number of hydrogen-bond donors (Lipinski definition) is 3. The van der Waals surface area contributed by atoms with Crippen LogP contribution in [0.5, 0.6) is 5.75 Å². The number of aromatic nitrogens is 1. The standard InChI is InChI=1S/C23H23N3O6S/c1-32-20-8-2-16(3-9-20)12-13-24-22(28)17-5-10-21(11-6-17)33(30,31)26-23(29)18-4-7-19(15-27)25-14-18/h2-11,14,27H,12-13,15H2,1H3,(H,24,28)(H,26,29). The van der Waals surface area contributed by atoms with E-state index < -0.39 is 15.9 Å². The van der Waals surface area contributed by atoms with Crippen LogP contribution >= 0.6 is 0 Å². The number of methoxy groups -OCH3 is 1. The van der Waals surface area contributed by atoms with Crippen LogP contribution in [0.2, 0.25) is 0 Å². The molecule has 3 N–H and O–H groups in total. The van der Waals surface area contributed by atoms with Crippen molar-refractivity contribution in [1.82, 2.24) is 15.0 Å². The Labute approximate surface area is 191 Å². The molecule has 9 nitrogen and oxygen atoms in total. The van der Waals surface area contributed by atoms with Crippen LogP contribution in [-0.4, -0.2) is 44.0 Å². The third-order valence-corrected chi connectivity index (χ3v) is 6.11. The molecule has 0 unspecified atom stereocenters. The monoisotopic (exact) mass is 469 g/mol. The Hall–Kier alpha value is -3.76. The number of rotatable bonds is 9. The van der Waals surface area contributed by atoms with Crippen LogP contribution in [0.3, 0.4) is 0 Å². The molecule has 0 saturated carbocycles. The average Bonchev–Trinajstić information content (AvgIpc) is 2.84.